The predicted octanol–water partition coefficient (Wildman–Crippen LogP) is 1.25. The van der Waals surface area contributed by atoms with Crippen LogP contribution in [0, 0.1) is 5.41 Å². The van der Waals surface area contributed by atoms with E-state index in [4.69, 9.17) is 5.11 Å². The standard InChI is InChI=1S/C12H15NO4S/c14-11(15)7-12(4-5-12)9-18(16,17)8-10-3-1-2-6-13-10/h1-3,6H,4-5,7-9H2,(H,14,15). The van der Waals surface area contributed by atoms with Crippen molar-refractivity contribution in [1.82, 2.24) is 4.98 Å². The van der Waals surface area contributed by atoms with Gasteiger partial charge in [-0.1, -0.05) is 6.07 Å². The average Bonchev–Trinajstić information content (AvgIpc) is 2.95. The summed E-state index contributed by atoms with van der Waals surface area (Å²) in [5.74, 6) is -1.10. The van der Waals surface area contributed by atoms with Gasteiger partial charge in [0.1, 0.15) is 0 Å². The molecule has 0 bridgehead atoms. The molecule has 1 N–H and O–H groups in total. The van der Waals surface area contributed by atoms with E-state index in [0.717, 1.165) is 0 Å². The van der Waals surface area contributed by atoms with Crippen LogP contribution in [0.4, 0.5) is 0 Å². The molecule has 1 fully saturated rings. The smallest absolute Gasteiger partial charge is 0.303 e. The third-order valence-electron chi connectivity index (χ3n) is 3.10. The Labute approximate surface area is 106 Å². The van der Waals surface area contributed by atoms with E-state index < -0.39 is 21.2 Å². The summed E-state index contributed by atoms with van der Waals surface area (Å²) in [6.45, 7) is 0. The van der Waals surface area contributed by atoms with Gasteiger partial charge in [0.2, 0.25) is 0 Å². The minimum atomic E-state index is -3.30. The van der Waals surface area contributed by atoms with Crippen LogP contribution in [0.2, 0.25) is 0 Å². The molecule has 0 aliphatic heterocycles. The van der Waals surface area contributed by atoms with Crippen molar-refractivity contribution < 1.29 is 18.3 Å². The molecule has 1 aliphatic rings. The third kappa shape index (κ3) is 3.53. The van der Waals surface area contributed by atoms with E-state index >= 15 is 0 Å². The summed E-state index contributed by atoms with van der Waals surface area (Å²) in [6.07, 6.45) is 2.85. The van der Waals surface area contributed by atoms with E-state index in [1.165, 1.54) is 0 Å². The lowest BCUT2D eigenvalue weighted by atomic mass is 10.1. The molecule has 0 aromatic carbocycles. The van der Waals surface area contributed by atoms with Gasteiger partial charge < -0.3 is 5.11 Å². The van der Waals surface area contributed by atoms with E-state index in [0.29, 0.717) is 18.5 Å². The first-order valence-corrected chi connectivity index (χ1v) is 7.55. The van der Waals surface area contributed by atoms with Crippen LogP contribution in [0.1, 0.15) is 25.0 Å². The van der Waals surface area contributed by atoms with Gasteiger partial charge >= 0.3 is 5.97 Å². The number of hydrogen-bond acceptors (Lipinski definition) is 4. The highest BCUT2D eigenvalue weighted by molar-refractivity contribution is 7.90. The van der Waals surface area contributed by atoms with Gasteiger partial charge in [-0.05, 0) is 30.4 Å². The number of hydrogen-bond donors (Lipinski definition) is 1. The maximum absolute atomic E-state index is 12.0. The zero-order chi connectivity index (χ0) is 13.2. The topological polar surface area (TPSA) is 84.3 Å². The summed E-state index contributed by atoms with van der Waals surface area (Å²) < 4.78 is 24.0. The number of pyridine rings is 1. The summed E-state index contributed by atoms with van der Waals surface area (Å²) in [7, 11) is -3.30. The zero-order valence-electron chi connectivity index (χ0n) is 9.87. The number of aromatic nitrogens is 1. The second-order valence-corrected chi connectivity index (χ2v) is 6.99. The highest BCUT2D eigenvalue weighted by Gasteiger charge is 2.47. The molecule has 0 saturated heterocycles. The first-order chi connectivity index (χ1) is 8.41. The van der Waals surface area contributed by atoms with Crippen molar-refractivity contribution in [3.05, 3.63) is 30.1 Å². The summed E-state index contributed by atoms with van der Waals surface area (Å²) in [5, 5.41) is 8.77. The van der Waals surface area contributed by atoms with Crippen molar-refractivity contribution >= 4 is 15.8 Å². The van der Waals surface area contributed by atoms with Crippen LogP contribution < -0.4 is 0 Å². The molecule has 1 aromatic rings. The molecule has 6 heteroatoms. The largest absolute Gasteiger partial charge is 0.481 e. The van der Waals surface area contributed by atoms with Crippen molar-refractivity contribution in [3.8, 4) is 0 Å². The molecule has 0 radical (unpaired) electrons. The predicted molar refractivity (Wildman–Crippen MR) is 65.6 cm³/mol. The maximum Gasteiger partial charge on any atom is 0.303 e. The van der Waals surface area contributed by atoms with Gasteiger partial charge in [0.05, 0.1) is 23.6 Å². The molecule has 0 atom stereocenters. The number of carboxylic acids is 1. The highest BCUT2D eigenvalue weighted by Crippen LogP contribution is 2.50. The minimum absolute atomic E-state index is 0.0527. The van der Waals surface area contributed by atoms with Gasteiger partial charge in [-0.2, -0.15) is 0 Å². The third-order valence-corrected chi connectivity index (χ3v) is 4.89. The van der Waals surface area contributed by atoms with Crippen LogP contribution in [0.5, 0.6) is 0 Å². The second kappa shape index (κ2) is 4.68. The molecule has 1 aromatic heterocycles. The van der Waals surface area contributed by atoms with Gasteiger partial charge in [-0.25, -0.2) is 8.42 Å². The molecule has 0 spiro atoms. The Hall–Kier alpha value is -1.43. The maximum atomic E-state index is 12.0. The quantitative estimate of drug-likeness (QED) is 0.840. The molecule has 98 valence electrons. The lowest BCUT2D eigenvalue weighted by Gasteiger charge is -2.12. The van der Waals surface area contributed by atoms with Crippen molar-refractivity contribution in [3.63, 3.8) is 0 Å². The molecular weight excluding hydrogens is 254 g/mol. The molecule has 1 aliphatic carbocycles. The number of aliphatic carboxylic acids is 1. The Morgan fingerprint density at radius 3 is 2.61 bits per heavy atom. The Kier molecular flexibility index (Phi) is 3.38. The zero-order valence-corrected chi connectivity index (χ0v) is 10.7. The molecule has 2 rings (SSSR count). The number of sulfone groups is 1. The molecule has 1 heterocycles. The van der Waals surface area contributed by atoms with Crippen LogP contribution in [0.3, 0.4) is 0 Å². The Balaban J connectivity index is 2.02. The second-order valence-electron chi connectivity index (χ2n) is 4.92. The normalized spacial score (nSPS) is 17.3. The average molecular weight is 269 g/mol. The Morgan fingerprint density at radius 2 is 2.11 bits per heavy atom. The number of nitrogens with zero attached hydrogens (tertiary/aromatic N) is 1. The Morgan fingerprint density at radius 1 is 1.39 bits per heavy atom. The summed E-state index contributed by atoms with van der Waals surface area (Å²) >= 11 is 0. The molecule has 0 unspecified atom stereocenters. The SMILES string of the molecule is O=C(O)CC1(CS(=O)(=O)Cc2ccccn2)CC1. The van der Waals surface area contributed by atoms with E-state index in [9.17, 15) is 13.2 Å². The number of rotatable bonds is 6. The highest BCUT2D eigenvalue weighted by atomic mass is 32.2. The number of carboxylic acid groups (broad SMARTS) is 1. The van der Waals surface area contributed by atoms with Crippen molar-refractivity contribution in [1.29, 1.82) is 0 Å². The van der Waals surface area contributed by atoms with Crippen LogP contribution >= 0.6 is 0 Å². The van der Waals surface area contributed by atoms with E-state index in [2.05, 4.69) is 4.98 Å². The molecular formula is C12H15NO4S. The van der Waals surface area contributed by atoms with Crippen molar-refractivity contribution in [2.75, 3.05) is 5.75 Å². The van der Waals surface area contributed by atoms with Gasteiger partial charge in [0, 0.05) is 6.20 Å². The fraction of sp³-hybridized carbons (Fsp3) is 0.500. The van der Waals surface area contributed by atoms with Crippen LogP contribution in [-0.2, 0) is 20.4 Å². The van der Waals surface area contributed by atoms with Crippen molar-refractivity contribution in [2.45, 2.75) is 25.0 Å². The lowest BCUT2D eigenvalue weighted by Crippen LogP contribution is -2.21. The van der Waals surface area contributed by atoms with Crippen LogP contribution in [0.15, 0.2) is 24.4 Å². The molecule has 0 amide bonds. The fourth-order valence-electron chi connectivity index (χ4n) is 2.10. The molecule has 5 nitrogen and oxygen atoms in total. The van der Waals surface area contributed by atoms with Crippen LogP contribution in [0.25, 0.3) is 0 Å². The minimum Gasteiger partial charge on any atom is -0.481 e. The molecule has 1 saturated carbocycles. The fourth-order valence-corrected chi connectivity index (χ4v) is 4.14. The summed E-state index contributed by atoms with van der Waals surface area (Å²) in [5.41, 5.74) is -0.0250. The van der Waals surface area contributed by atoms with Gasteiger partial charge in [0.15, 0.2) is 9.84 Å². The Bertz CT molecular complexity index is 534. The summed E-state index contributed by atoms with van der Waals surface area (Å²) in [6, 6.07) is 5.12. The van der Waals surface area contributed by atoms with Gasteiger partial charge in [0.25, 0.3) is 0 Å². The number of carbonyl (C=O) groups is 1. The lowest BCUT2D eigenvalue weighted by molar-refractivity contribution is -0.138. The van der Waals surface area contributed by atoms with E-state index in [1.807, 2.05) is 0 Å². The first kappa shape index (κ1) is 13.0. The van der Waals surface area contributed by atoms with Crippen LogP contribution in [-0.4, -0.2) is 30.2 Å². The van der Waals surface area contributed by atoms with Gasteiger partial charge in [-0.3, -0.25) is 9.78 Å². The monoisotopic (exact) mass is 269 g/mol. The van der Waals surface area contributed by atoms with E-state index in [1.54, 1.807) is 24.4 Å². The van der Waals surface area contributed by atoms with E-state index in [-0.39, 0.29) is 17.9 Å². The van der Waals surface area contributed by atoms with Gasteiger partial charge in [-0.15, -0.1) is 0 Å². The summed E-state index contributed by atoms with van der Waals surface area (Å²) in [4.78, 5) is 14.7. The first-order valence-electron chi connectivity index (χ1n) is 5.73. The van der Waals surface area contributed by atoms with Crippen molar-refractivity contribution in [2.24, 2.45) is 5.41 Å². The molecule has 18 heavy (non-hydrogen) atoms.